The number of pyridine rings is 2. The minimum absolute atomic E-state index is 0.0224. The molecule has 0 fully saturated rings. The van der Waals surface area contributed by atoms with Crippen LogP contribution in [0.25, 0.3) is 22.0 Å². The minimum atomic E-state index is -0.0224. The smallest absolute Gasteiger partial charge is 0.260 e. The van der Waals surface area contributed by atoms with Gasteiger partial charge in [0.25, 0.3) is 5.56 Å². The Morgan fingerprint density at radius 2 is 2.12 bits per heavy atom. The van der Waals surface area contributed by atoms with E-state index in [4.69, 9.17) is 0 Å². The van der Waals surface area contributed by atoms with Crippen LogP contribution in [0.5, 0.6) is 0 Å². The summed E-state index contributed by atoms with van der Waals surface area (Å²) in [6, 6.07) is 5.60. The Bertz CT molecular complexity index is 1130. The van der Waals surface area contributed by atoms with Gasteiger partial charge < -0.3 is 9.88 Å². The second-order valence-electron chi connectivity index (χ2n) is 5.86. The quantitative estimate of drug-likeness (QED) is 0.588. The minimum Gasteiger partial charge on any atom is -0.325 e. The average molecular weight is 347 g/mol. The van der Waals surface area contributed by atoms with Crippen molar-refractivity contribution in [2.24, 2.45) is 0 Å². The van der Waals surface area contributed by atoms with Crippen LogP contribution in [0.2, 0.25) is 0 Å². The van der Waals surface area contributed by atoms with Gasteiger partial charge in [-0.05, 0) is 31.4 Å². The first-order valence-corrected chi connectivity index (χ1v) is 8.24. The second kappa shape index (κ2) is 6.40. The maximum atomic E-state index is 12.5. The predicted octanol–water partition coefficient (Wildman–Crippen LogP) is 2.65. The number of aromatic nitrogens is 6. The largest absolute Gasteiger partial charge is 0.325 e. The van der Waals surface area contributed by atoms with Gasteiger partial charge in [-0.1, -0.05) is 0 Å². The molecule has 0 atom stereocenters. The number of rotatable bonds is 4. The molecule has 0 saturated carbocycles. The fourth-order valence-corrected chi connectivity index (χ4v) is 2.91. The van der Waals surface area contributed by atoms with Crippen LogP contribution >= 0.6 is 0 Å². The monoisotopic (exact) mass is 347 g/mol. The number of fused-ring (bicyclic) bond motifs is 1. The zero-order chi connectivity index (χ0) is 18.1. The molecule has 2 N–H and O–H groups in total. The van der Waals surface area contributed by atoms with E-state index in [2.05, 4.69) is 30.5 Å². The SMILES string of the molecule is CCn1ccc2cc(Nc3cc(-c4cn[nH]c4)ncn3)nc(C)c2c1=O. The van der Waals surface area contributed by atoms with Crippen molar-refractivity contribution < 1.29 is 0 Å². The number of nitrogens with one attached hydrogen (secondary N) is 2. The topological polar surface area (TPSA) is 101 Å². The molecule has 0 unspecified atom stereocenters. The van der Waals surface area contributed by atoms with E-state index in [1.807, 2.05) is 32.0 Å². The van der Waals surface area contributed by atoms with Gasteiger partial charge in [0.2, 0.25) is 0 Å². The molecule has 0 saturated heterocycles. The Labute approximate surface area is 149 Å². The van der Waals surface area contributed by atoms with Crippen LogP contribution in [-0.2, 0) is 6.54 Å². The van der Waals surface area contributed by atoms with Crippen LogP contribution in [0, 0.1) is 6.92 Å². The van der Waals surface area contributed by atoms with E-state index < -0.39 is 0 Å². The van der Waals surface area contributed by atoms with Crippen molar-refractivity contribution in [2.45, 2.75) is 20.4 Å². The maximum absolute atomic E-state index is 12.5. The molecule has 26 heavy (non-hydrogen) atoms. The lowest BCUT2D eigenvalue weighted by molar-refractivity contribution is 0.734. The highest BCUT2D eigenvalue weighted by Crippen LogP contribution is 2.22. The van der Waals surface area contributed by atoms with E-state index in [9.17, 15) is 4.79 Å². The summed E-state index contributed by atoms with van der Waals surface area (Å²) in [6.07, 6.45) is 6.75. The zero-order valence-electron chi connectivity index (χ0n) is 14.4. The third-order valence-electron chi connectivity index (χ3n) is 4.20. The van der Waals surface area contributed by atoms with Crippen molar-refractivity contribution in [3.63, 3.8) is 0 Å². The van der Waals surface area contributed by atoms with Crippen molar-refractivity contribution in [3.8, 4) is 11.3 Å². The maximum Gasteiger partial charge on any atom is 0.260 e. The molecule has 4 aromatic rings. The van der Waals surface area contributed by atoms with E-state index >= 15 is 0 Å². The predicted molar refractivity (Wildman–Crippen MR) is 99.3 cm³/mol. The Hall–Kier alpha value is -3.55. The van der Waals surface area contributed by atoms with Gasteiger partial charge in [-0.15, -0.1) is 0 Å². The van der Waals surface area contributed by atoms with E-state index in [-0.39, 0.29) is 5.56 Å². The van der Waals surface area contributed by atoms with Gasteiger partial charge in [0.05, 0.1) is 23.0 Å². The molecule has 0 bridgehead atoms. The van der Waals surface area contributed by atoms with Gasteiger partial charge in [-0.2, -0.15) is 5.10 Å². The number of H-pyrrole nitrogens is 1. The first-order chi connectivity index (χ1) is 12.7. The van der Waals surface area contributed by atoms with Crippen LogP contribution in [0.1, 0.15) is 12.6 Å². The summed E-state index contributed by atoms with van der Waals surface area (Å²) in [5.74, 6) is 1.24. The van der Waals surface area contributed by atoms with Gasteiger partial charge in [0, 0.05) is 30.6 Å². The number of aryl methyl sites for hydroxylation is 2. The number of hydrogen-bond acceptors (Lipinski definition) is 6. The van der Waals surface area contributed by atoms with Gasteiger partial charge >= 0.3 is 0 Å². The van der Waals surface area contributed by atoms with Crippen molar-refractivity contribution in [2.75, 3.05) is 5.32 Å². The van der Waals surface area contributed by atoms with Crippen LogP contribution in [0.4, 0.5) is 11.6 Å². The number of aromatic amines is 1. The number of hydrogen-bond donors (Lipinski definition) is 2. The molecule has 0 aromatic carbocycles. The molecule has 0 aliphatic heterocycles. The Kier molecular flexibility index (Phi) is 3.92. The molecule has 8 heteroatoms. The molecule has 4 aromatic heterocycles. The van der Waals surface area contributed by atoms with Crippen LogP contribution in [-0.4, -0.2) is 29.7 Å². The molecule has 130 valence electrons. The van der Waals surface area contributed by atoms with Gasteiger partial charge in [0.15, 0.2) is 0 Å². The van der Waals surface area contributed by atoms with E-state index in [1.165, 1.54) is 6.33 Å². The Balaban J connectivity index is 1.72. The van der Waals surface area contributed by atoms with Gasteiger partial charge in [-0.3, -0.25) is 9.89 Å². The van der Waals surface area contributed by atoms with Crippen molar-refractivity contribution in [3.05, 3.63) is 59.2 Å². The first kappa shape index (κ1) is 15.9. The Morgan fingerprint density at radius 3 is 2.88 bits per heavy atom. The summed E-state index contributed by atoms with van der Waals surface area (Å²) >= 11 is 0. The molecule has 4 heterocycles. The molecule has 0 amide bonds. The van der Waals surface area contributed by atoms with Crippen LogP contribution < -0.4 is 10.9 Å². The van der Waals surface area contributed by atoms with E-state index in [0.717, 1.165) is 16.6 Å². The summed E-state index contributed by atoms with van der Waals surface area (Å²) < 4.78 is 1.67. The standard InChI is InChI=1S/C18H17N7O/c1-3-25-5-4-12-6-16(23-11(2)17(12)18(25)26)24-15-7-14(19-10-20-15)13-8-21-22-9-13/h4-10H,3H2,1-2H3,(H,21,22)(H,19,20,23,24). The van der Waals surface area contributed by atoms with Gasteiger partial charge in [0.1, 0.15) is 18.0 Å². The molecule has 0 aliphatic carbocycles. The summed E-state index contributed by atoms with van der Waals surface area (Å²) in [6.45, 7) is 4.41. The number of anilines is 2. The lowest BCUT2D eigenvalue weighted by Crippen LogP contribution is -2.19. The highest BCUT2D eigenvalue weighted by Gasteiger charge is 2.10. The molecular formula is C18H17N7O. The highest BCUT2D eigenvalue weighted by molar-refractivity contribution is 5.86. The second-order valence-corrected chi connectivity index (χ2v) is 5.86. The molecule has 0 radical (unpaired) electrons. The van der Waals surface area contributed by atoms with E-state index in [0.29, 0.717) is 29.3 Å². The lowest BCUT2D eigenvalue weighted by atomic mass is 10.1. The fraction of sp³-hybridized carbons (Fsp3) is 0.167. The molecule has 8 nitrogen and oxygen atoms in total. The summed E-state index contributed by atoms with van der Waals surface area (Å²) in [7, 11) is 0. The van der Waals surface area contributed by atoms with Gasteiger partial charge in [-0.25, -0.2) is 15.0 Å². The lowest BCUT2D eigenvalue weighted by Gasteiger charge is -2.10. The third kappa shape index (κ3) is 2.81. The highest BCUT2D eigenvalue weighted by atomic mass is 16.1. The number of nitrogens with zero attached hydrogens (tertiary/aromatic N) is 5. The van der Waals surface area contributed by atoms with Crippen molar-refractivity contribution >= 4 is 22.4 Å². The van der Waals surface area contributed by atoms with Crippen molar-refractivity contribution in [1.82, 2.24) is 29.7 Å². The summed E-state index contributed by atoms with van der Waals surface area (Å²) in [5.41, 5.74) is 2.28. The molecular weight excluding hydrogens is 330 g/mol. The van der Waals surface area contributed by atoms with Crippen LogP contribution in [0.3, 0.4) is 0 Å². The molecule has 0 aliphatic rings. The van der Waals surface area contributed by atoms with Crippen LogP contribution in [0.15, 0.2) is 47.9 Å². The zero-order valence-corrected chi connectivity index (χ0v) is 14.4. The summed E-state index contributed by atoms with van der Waals surface area (Å²) in [5, 5.41) is 11.4. The Morgan fingerprint density at radius 1 is 1.23 bits per heavy atom. The van der Waals surface area contributed by atoms with E-state index in [1.54, 1.807) is 23.2 Å². The fourth-order valence-electron chi connectivity index (χ4n) is 2.91. The van der Waals surface area contributed by atoms with Crippen molar-refractivity contribution in [1.29, 1.82) is 0 Å². The molecule has 4 rings (SSSR count). The average Bonchev–Trinajstić information content (AvgIpc) is 3.17. The first-order valence-electron chi connectivity index (χ1n) is 8.24. The summed E-state index contributed by atoms with van der Waals surface area (Å²) in [4.78, 5) is 25.5. The normalized spacial score (nSPS) is 11.0. The third-order valence-corrected chi connectivity index (χ3v) is 4.20. The molecule has 0 spiro atoms.